The van der Waals surface area contributed by atoms with Crippen LogP contribution in [0.1, 0.15) is 17.3 Å². The molecule has 1 aliphatic carbocycles. The lowest BCUT2D eigenvalue weighted by atomic mass is 9.93. The Morgan fingerprint density at radius 1 is 1.42 bits per heavy atom. The Balaban J connectivity index is 2.48. The summed E-state index contributed by atoms with van der Waals surface area (Å²) in [6.07, 6.45) is 2.63. The van der Waals surface area contributed by atoms with Crippen LogP contribution in [0, 0.1) is 0 Å². The number of hydrogen-bond donors (Lipinski definition) is 4. The molecule has 1 aromatic carbocycles. The van der Waals surface area contributed by atoms with Gasteiger partial charge in [-0.05, 0) is 31.2 Å². The van der Waals surface area contributed by atoms with Crippen molar-refractivity contribution in [2.45, 2.75) is 18.6 Å². The number of phenolic OH excluding ortho intramolecular Hbond substituents is 1. The third-order valence-electron chi connectivity index (χ3n) is 3.48. The van der Waals surface area contributed by atoms with Crippen LogP contribution in [-0.2, 0) is 0 Å². The predicted octanol–water partition coefficient (Wildman–Crippen LogP) is -0.628. The van der Waals surface area contributed by atoms with Crippen LogP contribution in [0.4, 0.5) is 0 Å². The number of benzene rings is 1. The summed E-state index contributed by atoms with van der Waals surface area (Å²) in [5, 5.41) is 31.7. The Morgan fingerprint density at radius 3 is 2.84 bits per heavy atom. The fourth-order valence-electron chi connectivity index (χ4n) is 2.41. The summed E-state index contributed by atoms with van der Waals surface area (Å²) in [4.78, 5) is 13.8. The van der Waals surface area contributed by atoms with Crippen LogP contribution in [0.2, 0.25) is 0 Å². The van der Waals surface area contributed by atoms with Crippen LogP contribution in [-0.4, -0.2) is 38.3 Å². The van der Waals surface area contributed by atoms with Crippen molar-refractivity contribution in [1.29, 1.82) is 0 Å². The van der Waals surface area contributed by atoms with Gasteiger partial charge < -0.3 is 20.3 Å². The molecule has 1 aromatic heterocycles. The molecule has 19 heavy (non-hydrogen) atoms. The maximum absolute atomic E-state index is 10.8. The van der Waals surface area contributed by atoms with Gasteiger partial charge in [0.2, 0.25) is 0 Å². The van der Waals surface area contributed by atoms with Crippen LogP contribution < -0.4 is 10.6 Å². The van der Waals surface area contributed by atoms with Crippen LogP contribution in [0.25, 0.3) is 23.1 Å². The van der Waals surface area contributed by atoms with E-state index in [4.69, 9.17) is 0 Å². The van der Waals surface area contributed by atoms with Crippen LogP contribution >= 0.6 is 0 Å². The molecule has 0 saturated heterocycles. The lowest BCUT2D eigenvalue weighted by Gasteiger charge is -2.24. The number of phenols is 1. The van der Waals surface area contributed by atoms with Crippen molar-refractivity contribution >= 4 is 29.3 Å². The Bertz CT molecular complexity index is 801. The molecule has 1 aliphatic rings. The average Bonchev–Trinajstić information content (AvgIpc) is 2.67. The lowest BCUT2D eigenvalue weighted by Crippen LogP contribution is -2.45. The first kappa shape index (κ1) is 12.0. The highest BCUT2D eigenvalue weighted by atomic mass is 16.3. The smallest absolute Gasteiger partial charge is 0.150 e. The van der Waals surface area contributed by atoms with E-state index in [1.165, 1.54) is 25.1 Å². The van der Waals surface area contributed by atoms with Gasteiger partial charge in [0, 0.05) is 21.5 Å². The maximum Gasteiger partial charge on any atom is 0.150 e. The van der Waals surface area contributed by atoms with Gasteiger partial charge in [-0.3, -0.25) is 4.79 Å². The van der Waals surface area contributed by atoms with Gasteiger partial charge in [0.25, 0.3) is 0 Å². The van der Waals surface area contributed by atoms with Crippen molar-refractivity contribution in [1.82, 2.24) is 4.98 Å². The van der Waals surface area contributed by atoms with E-state index in [1.807, 2.05) is 0 Å². The number of aliphatic hydroxyl groups is 2. The minimum atomic E-state index is -1.36. The first-order chi connectivity index (χ1) is 8.92. The molecule has 0 fully saturated rings. The summed E-state index contributed by atoms with van der Waals surface area (Å²) in [5.74, 6) is -0.0371. The molecule has 98 valence electrons. The Morgan fingerprint density at radius 2 is 2.16 bits per heavy atom. The van der Waals surface area contributed by atoms with Crippen molar-refractivity contribution in [3.63, 3.8) is 0 Å². The van der Waals surface area contributed by atoms with Gasteiger partial charge in [-0.1, -0.05) is 0 Å². The minimum absolute atomic E-state index is 0.0371. The fourth-order valence-corrected chi connectivity index (χ4v) is 2.41. The predicted molar refractivity (Wildman–Crippen MR) is 70.2 cm³/mol. The molecule has 2 atom stereocenters. The number of hydrogen-bond acceptors (Lipinski definition) is 4. The highest BCUT2D eigenvalue weighted by Gasteiger charge is 2.29. The quantitative estimate of drug-likeness (QED) is 0.513. The first-order valence-electron chi connectivity index (χ1n) is 5.87. The molecule has 0 spiro atoms. The van der Waals surface area contributed by atoms with Gasteiger partial charge >= 0.3 is 0 Å². The number of nitrogens with one attached hydrogen (secondary N) is 1. The number of aromatic nitrogens is 1. The fraction of sp³-hybridized carbons (Fsp3) is 0.214. The van der Waals surface area contributed by atoms with Crippen molar-refractivity contribution < 1.29 is 20.1 Å². The zero-order chi connectivity index (χ0) is 13.8. The van der Waals surface area contributed by atoms with E-state index in [2.05, 4.69) is 4.98 Å². The molecule has 5 heteroatoms. The first-order valence-corrected chi connectivity index (χ1v) is 5.87. The van der Waals surface area contributed by atoms with Crippen molar-refractivity contribution in [2.24, 2.45) is 0 Å². The second-order valence-corrected chi connectivity index (χ2v) is 5.01. The SMILES string of the molecule is CC1(O)C=c2[nH]c3c(O)cc(C=O)cc3c2=CC1O. The Kier molecular flexibility index (Phi) is 2.32. The molecule has 0 aliphatic heterocycles. The summed E-state index contributed by atoms with van der Waals surface area (Å²) >= 11 is 0. The van der Waals surface area contributed by atoms with Gasteiger partial charge in [0.15, 0.2) is 0 Å². The summed E-state index contributed by atoms with van der Waals surface area (Å²) < 4.78 is 0. The standard InChI is InChI=1S/C14H13NO4/c1-14(19)5-10-8(4-12(14)18)9-2-7(6-16)3-11(17)13(9)15-10/h2-6,12,15,17-19H,1H3. The van der Waals surface area contributed by atoms with E-state index in [9.17, 15) is 20.1 Å². The number of fused-ring (bicyclic) bond motifs is 3. The molecule has 4 N–H and O–H groups in total. The van der Waals surface area contributed by atoms with E-state index in [-0.39, 0.29) is 5.75 Å². The molecule has 0 saturated carbocycles. The number of rotatable bonds is 1. The van der Waals surface area contributed by atoms with E-state index < -0.39 is 11.7 Å². The van der Waals surface area contributed by atoms with Crippen molar-refractivity contribution in [3.8, 4) is 5.75 Å². The number of H-pyrrole nitrogens is 1. The molecule has 2 unspecified atom stereocenters. The second kappa shape index (κ2) is 3.69. The number of aliphatic hydroxyl groups excluding tert-OH is 1. The maximum atomic E-state index is 10.8. The number of aldehydes is 1. The van der Waals surface area contributed by atoms with Gasteiger partial charge in [-0.15, -0.1) is 0 Å². The number of aromatic amines is 1. The third kappa shape index (κ3) is 1.67. The highest BCUT2D eigenvalue weighted by Crippen LogP contribution is 2.23. The zero-order valence-electron chi connectivity index (χ0n) is 10.2. The van der Waals surface area contributed by atoms with Crippen LogP contribution in [0.3, 0.4) is 0 Å². The Hall–Kier alpha value is -2.11. The summed E-state index contributed by atoms with van der Waals surface area (Å²) in [6, 6.07) is 3.00. The monoisotopic (exact) mass is 259 g/mol. The van der Waals surface area contributed by atoms with Crippen LogP contribution in [0.15, 0.2) is 12.1 Å². The van der Waals surface area contributed by atoms with Gasteiger partial charge in [0.05, 0.1) is 5.52 Å². The summed E-state index contributed by atoms with van der Waals surface area (Å²) in [7, 11) is 0. The largest absolute Gasteiger partial charge is 0.506 e. The minimum Gasteiger partial charge on any atom is -0.506 e. The molecule has 3 rings (SSSR count). The molecular weight excluding hydrogens is 246 g/mol. The van der Waals surface area contributed by atoms with E-state index in [1.54, 1.807) is 6.07 Å². The number of carbonyl (C=O) groups is 1. The number of aromatic hydroxyl groups is 1. The summed E-state index contributed by atoms with van der Waals surface area (Å²) in [6.45, 7) is 1.50. The molecule has 5 nitrogen and oxygen atoms in total. The molecule has 2 aromatic rings. The van der Waals surface area contributed by atoms with E-state index in [0.29, 0.717) is 33.3 Å². The second-order valence-electron chi connectivity index (χ2n) is 5.01. The van der Waals surface area contributed by atoms with Crippen molar-refractivity contribution in [3.05, 3.63) is 28.3 Å². The van der Waals surface area contributed by atoms with Gasteiger partial charge in [-0.25, -0.2) is 0 Å². The highest BCUT2D eigenvalue weighted by molar-refractivity contribution is 5.92. The van der Waals surface area contributed by atoms with Crippen molar-refractivity contribution in [2.75, 3.05) is 0 Å². The topological polar surface area (TPSA) is 93.5 Å². The molecule has 0 radical (unpaired) electrons. The number of carbonyl (C=O) groups excluding carboxylic acids is 1. The van der Waals surface area contributed by atoms with Gasteiger partial charge in [-0.2, -0.15) is 0 Å². The molecular formula is C14H13NO4. The molecule has 0 amide bonds. The molecule has 0 bridgehead atoms. The van der Waals surface area contributed by atoms with Gasteiger partial charge in [0.1, 0.15) is 23.7 Å². The lowest BCUT2D eigenvalue weighted by molar-refractivity contribution is 0.0200. The van der Waals surface area contributed by atoms with E-state index in [0.717, 1.165) is 0 Å². The average molecular weight is 259 g/mol. The normalized spacial score (nSPS) is 25.5. The van der Waals surface area contributed by atoms with Crippen LogP contribution in [0.5, 0.6) is 5.75 Å². The zero-order valence-corrected chi connectivity index (χ0v) is 10.2. The third-order valence-corrected chi connectivity index (χ3v) is 3.48. The van der Waals surface area contributed by atoms with E-state index >= 15 is 0 Å². The molecule has 1 heterocycles. The Labute approximate surface area is 108 Å². The summed E-state index contributed by atoms with van der Waals surface area (Å²) in [5.41, 5.74) is -0.531.